The predicted octanol–water partition coefficient (Wildman–Crippen LogP) is 2.22. The van der Waals surface area contributed by atoms with Crippen LogP contribution in [0.15, 0.2) is 5.38 Å². The minimum absolute atomic E-state index is 0. The summed E-state index contributed by atoms with van der Waals surface area (Å²) in [6.45, 7) is 8.79. The maximum absolute atomic E-state index is 4.56. The largest absolute Gasteiger partial charge is 0.316 e. The fourth-order valence-corrected chi connectivity index (χ4v) is 2.85. The second-order valence-electron chi connectivity index (χ2n) is 4.93. The molecule has 2 rings (SSSR count). The summed E-state index contributed by atoms with van der Waals surface area (Å²) in [5.41, 5.74) is 1.63. The highest BCUT2D eigenvalue weighted by molar-refractivity contribution is 7.09. The van der Waals surface area contributed by atoms with Gasteiger partial charge in [-0.2, -0.15) is 0 Å². The molecule has 98 valence electrons. The summed E-state index contributed by atoms with van der Waals surface area (Å²) < 4.78 is 0. The SMILES string of the molecule is CCc1nc(CNCC2(C)CCNC2)cs1.Cl. The molecule has 0 aliphatic carbocycles. The molecule has 1 fully saturated rings. The van der Waals surface area contributed by atoms with Gasteiger partial charge in [0.2, 0.25) is 0 Å². The number of nitrogens with zero attached hydrogens (tertiary/aromatic N) is 1. The van der Waals surface area contributed by atoms with Gasteiger partial charge in [-0.15, -0.1) is 23.7 Å². The lowest BCUT2D eigenvalue weighted by atomic mass is 9.90. The predicted molar refractivity (Wildman–Crippen MR) is 76.0 cm³/mol. The van der Waals surface area contributed by atoms with Crippen LogP contribution in [0.1, 0.15) is 31.0 Å². The molecule has 17 heavy (non-hydrogen) atoms. The quantitative estimate of drug-likeness (QED) is 0.865. The topological polar surface area (TPSA) is 37.0 Å². The molecule has 0 saturated carbocycles. The van der Waals surface area contributed by atoms with E-state index in [0.717, 1.165) is 32.6 Å². The van der Waals surface area contributed by atoms with Crippen LogP contribution in [0.3, 0.4) is 0 Å². The van der Waals surface area contributed by atoms with Gasteiger partial charge in [0.1, 0.15) is 0 Å². The van der Waals surface area contributed by atoms with E-state index in [1.54, 1.807) is 11.3 Å². The zero-order valence-electron chi connectivity index (χ0n) is 10.6. The van der Waals surface area contributed by atoms with Gasteiger partial charge in [0.25, 0.3) is 0 Å². The first kappa shape index (κ1) is 14.9. The number of aryl methyl sites for hydroxylation is 1. The molecule has 1 aliphatic rings. The van der Waals surface area contributed by atoms with E-state index in [9.17, 15) is 0 Å². The van der Waals surface area contributed by atoms with E-state index in [-0.39, 0.29) is 12.4 Å². The van der Waals surface area contributed by atoms with Crippen LogP contribution in [-0.4, -0.2) is 24.6 Å². The molecule has 1 atom stereocenters. The molecule has 1 aromatic rings. The number of aromatic nitrogens is 1. The molecule has 0 amide bonds. The molecular weight excluding hydrogens is 254 g/mol. The minimum atomic E-state index is 0. The highest BCUT2D eigenvalue weighted by Crippen LogP contribution is 2.23. The number of halogens is 1. The standard InChI is InChI=1S/C12H21N3S.ClH/c1-3-11-15-10(7-16-11)6-14-9-12(2)4-5-13-8-12;/h7,13-14H,3-6,8-9H2,1-2H3;1H. The average molecular weight is 276 g/mol. The molecular formula is C12H22ClN3S. The summed E-state index contributed by atoms with van der Waals surface area (Å²) in [7, 11) is 0. The van der Waals surface area contributed by atoms with E-state index < -0.39 is 0 Å². The van der Waals surface area contributed by atoms with Crippen LogP contribution in [-0.2, 0) is 13.0 Å². The van der Waals surface area contributed by atoms with Gasteiger partial charge in [-0.3, -0.25) is 0 Å². The maximum Gasteiger partial charge on any atom is 0.0926 e. The molecule has 0 bridgehead atoms. The van der Waals surface area contributed by atoms with Crippen LogP contribution >= 0.6 is 23.7 Å². The molecule has 1 aromatic heterocycles. The third-order valence-corrected chi connectivity index (χ3v) is 4.26. The van der Waals surface area contributed by atoms with Crippen molar-refractivity contribution in [2.45, 2.75) is 33.2 Å². The van der Waals surface area contributed by atoms with Crippen molar-refractivity contribution in [1.29, 1.82) is 0 Å². The van der Waals surface area contributed by atoms with Gasteiger partial charge in [0.05, 0.1) is 10.7 Å². The van der Waals surface area contributed by atoms with Crippen molar-refractivity contribution < 1.29 is 0 Å². The Bertz CT molecular complexity index is 334. The normalized spacial score (nSPS) is 23.6. The second-order valence-corrected chi connectivity index (χ2v) is 5.87. The van der Waals surface area contributed by atoms with Crippen molar-refractivity contribution in [3.05, 3.63) is 16.1 Å². The van der Waals surface area contributed by atoms with Crippen molar-refractivity contribution >= 4 is 23.7 Å². The Morgan fingerprint density at radius 3 is 3.00 bits per heavy atom. The second kappa shape index (κ2) is 6.69. The third kappa shape index (κ3) is 4.21. The van der Waals surface area contributed by atoms with E-state index in [4.69, 9.17) is 0 Å². The van der Waals surface area contributed by atoms with E-state index in [2.05, 4.69) is 34.8 Å². The Balaban J connectivity index is 0.00000144. The van der Waals surface area contributed by atoms with Crippen LogP contribution in [0.2, 0.25) is 0 Å². The molecule has 5 heteroatoms. The number of thiazole rings is 1. The lowest BCUT2D eigenvalue weighted by Gasteiger charge is -2.22. The summed E-state index contributed by atoms with van der Waals surface area (Å²) in [5.74, 6) is 0. The minimum Gasteiger partial charge on any atom is -0.316 e. The first-order valence-corrected chi connectivity index (χ1v) is 6.94. The molecule has 1 aliphatic heterocycles. The molecule has 0 radical (unpaired) electrons. The first-order valence-electron chi connectivity index (χ1n) is 6.06. The fraction of sp³-hybridized carbons (Fsp3) is 0.750. The highest BCUT2D eigenvalue weighted by atomic mass is 35.5. The Hall–Kier alpha value is -0.160. The third-order valence-electron chi connectivity index (χ3n) is 3.22. The average Bonchev–Trinajstić information content (AvgIpc) is 2.88. The zero-order chi connectivity index (χ0) is 11.4. The Kier molecular flexibility index (Phi) is 5.86. The van der Waals surface area contributed by atoms with E-state index >= 15 is 0 Å². The number of hydrogen-bond acceptors (Lipinski definition) is 4. The van der Waals surface area contributed by atoms with Gasteiger partial charge < -0.3 is 10.6 Å². The zero-order valence-corrected chi connectivity index (χ0v) is 12.2. The van der Waals surface area contributed by atoms with E-state index in [1.807, 2.05) is 0 Å². The van der Waals surface area contributed by atoms with Gasteiger partial charge >= 0.3 is 0 Å². The van der Waals surface area contributed by atoms with Gasteiger partial charge in [-0.1, -0.05) is 13.8 Å². The smallest absolute Gasteiger partial charge is 0.0926 e. The molecule has 2 N–H and O–H groups in total. The van der Waals surface area contributed by atoms with Gasteiger partial charge in [-0.25, -0.2) is 4.98 Å². The molecule has 0 aromatic carbocycles. The van der Waals surface area contributed by atoms with Gasteiger partial charge in [0, 0.05) is 25.0 Å². The lowest BCUT2D eigenvalue weighted by molar-refractivity contribution is 0.338. The first-order chi connectivity index (χ1) is 7.72. The van der Waals surface area contributed by atoms with Crippen LogP contribution in [0, 0.1) is 5.41 Å². The lowest BCUT2D eigenvalue weighted by Crippen LogP contribution is -2.33. The highest BCUT2D eigenvalue weighted by Gasteiger charge is 2.27. The molecule has 3 nitrogen and oxygen atoms in total. The maximum atomic E-state index is 4.56. The Morgan fingerprint density at radius 2 is 2.41 bits per heavy atom. The van der Waals surface area contributed by atoms with Crippen molar-refractivity contribution in [2.75, 3.05) is 19.6 Å². The number of nitrogens with one attached hydrogen (secondary N) is 2. The number of hydrogen-bond donors (Lipinski definition) is 2. The van der Waals surface area contributed by atoms with E-state index in [1.165, 1.54) is 17.1 Å². The van der Waals surface area contributed by atoms with Gasteiger partial charge in [0.15, 0.2) is 0 Å². The number of rotatable bonds is 5. The summed E-state index contributed by atoms with van der Waals surface area (Å²) >= 11 is 1.77. The Morgan fingerprint density at radius 1 is 1.59 bits per heavy atom. The molecule has 1 unspecified atom stereocenters. The fourth-order valence-electron chi connectivity index (χ4n) is 2.10. The molecule has 1 saturated heterocycles. The summed E-state index contributed by atoms with van der Waals surface area (Å²) in [6.07, 6.45) is 2.32. The Labute approximate surface area is 114 Å². The molecule has 2 heterocycles. The van der Waals surface area contributed by atoms with Gasteiger partial charge in [-0.05, 0) is 24.8 Å². The van der Waals surface area contributed by atoms with Crippen LogP contribution in [0.25, 0.3) is 0 Å². The van der Waals surface area contributed by atoms with E-state index in [0.29, 0.717) is 5.41 Å². The monoisotopic (exact) mass is 275 g/mol. The van der Waals surface area contributed by atoms with Crippen LogP contribution in [0.4, 0.5) is 0 Å². The van der Waals surface area contributed by atoms with Crippen LogP contribution < -0.4 is 10.6 Å². The van der Waals surface area contributed by atoms with Crippen molar-refractivity contribution in [3.63, 3.8) is 0 Å². The van der Waals surface area contributed by atoms with Crippen molar-refractivity contribution in [1.82, 2.24) is 15.6 Å². The van der Waals surface area contributed by atoms with Crippen LogP contribution in [0.5, 0.6) is 0 Å². The summed E-state index contributed by atoms with van der Waals surface area (Å²) in [5, 5.41) is 10.4. The summed E-state index contributed by atoms with van der Waals surface area (Å²) in [4.78, 5) is 4.56. The van der Waals surface area contributed by atoms with Crippen molar-refractivity contribution in [2.24, 2.45) is 5.41 Å². The van der Waals surface area contributed by atoms with Crippen molar-refractivity contribution in [3.8, 4) is 0 Å². The summed E-state index contributed by atoms with van der Waals surface area (Å²) in [6, 6.07) is 0. The molecule has 0 spiro atoms.